The quantitative estimate of drug-likeness (QED) is 0.347. The first-order valence-electron chi connectivity index (χ1n) is 3.96. The van der Waals surface area contributed by atoms with Gasteiger partial charge in [0.25, 0.3) is 0 Å². The smallest absolute Gasteiger partial charge is 0.358 e. The van der Waals surface area contributed by atoms with E-state index in [-0.39, 0.29) is 11.1 Å². The SMILES string of the molecule is CC(CCl)Sc1ccc([N+](=O)[O-])nc1. The number of thioether (sulfide) groups is 1. The molecular formula is C8H9ClN2O2S. The van der Waals surface area contributed by atoms with Gasteiger partial charge < -0.3 is 10.1 Å². The minimum Gasteiger partial charge on any atom is -0.358 e. The van der Waals surface area contributed by atoms with Gasteiger partial charge in [-0.25, -0.2) is 0 Å². The number of rotatable bonds is 4. The van der Waals surface area contributed by atoms with Crippen LogP contribution in [0.5, 0.6) is 0 Å². The Bertz CT molecular complexity index is 318. The minimum absolute atomic E-state index is 0.132. The van der Waals surface area contributed by atoms with Gasteiger partial charge in [0.15, 0.2) is 6.20 Å². The molecule has 1 rings (SSSR count). The van der Waals surface area contributed by atoms with Crippen LogP contribution in [0.3, 0.4) is 0 Å². The van der Waals surface area contributed by atoms with E-state index in [1.165, 1.54) is 12.3 Å². The second-order valence-electron chi connectivity index (χ2n) is 2.69. The molecule has 0 aliphatic carbocycles. The Morgan fingerprint density at radius 3 is 2.86 bits per heavy atom. The van der Waals surface area contributed by atoms with Crippen LogP contribution in [0, 0.1) is 10.1 Å². The monoisotopic (exact) mass is 232 g/mol. The summed E-state index contributed by atoms with van der Waals surface area (Å²) in [6, 6.07) is 3.07. The van der Waals surface area contributed by atoms with E-state index in [0.29, 0.717) is 5.88 Å². The van der Waals surface area contributed by atoms with Crippen LogP contribution in [0.2, 0.25) is 0 Å². The first kappa shape index (κ1) is 11.3. The summed E-state index contributed by atoms with van der Waals surface area (Å²) >= 11 is 7.18. The number of nitrogens with zero attached hydrogens (tertiary/aromatic N) is 2. The van der Waals surface area contributed by atoms with Crippen molar-refractivity contribution in [3.63, 3.8) is 0 Å². The molecule has 0 fully saturated rings. The van der Waals surface area contributed by atoms with Crippen LogP contribution < -0.4 is 0 Å². The summed E-state index contributed by atoms with van der Waals surface area (Å²) in [7, 11) is 0. The van der Waals surface area contributed by atoms with Gasteiger partial charge in [0.05, 0.1) is 4.90 Å². The highest BCUT2D eigenvalue weighted by molar-refractivity contribution is 8.00. The topological polar surface area (TPSA) is 56.0 Å². The molecule has 0 aliphatic heterocycles. The van der Waals surface area contributed by atoms with Gasteiger partial charge in [0.1, 0.15) is 0 Å². The standard InChI is InChI=1S/C8H9ClN2O2S/c1-6(4-9)14-7-2-3-8(10-5-7)11(12)13/h2-3,5-6H,4H2,1H3. The second kappa shape index (κ2) is 5.17. The first-order chi connectivity index (χ1) is 6.63. The van der Waals surface area contributed by atoms with Crippen LogP contribution in [-0.4, -0.2) is 21.0 Å². The van der Waals surface area contributed by atoms with Crippen molar-refractivity contribution >= 4 is 29.2 Å². The summed E-state index contributed by atoms with van der Waals surface area (Å²) in [4.78, 5) is 14.4. The fourth-order valence-corrected chi connectivity index (χ4v) is 1.79. The summed E-state index contributed by atoms with van der Waals surface area (Å²) < 4.78 is 0. The Morgan fingerprint density at radius 1 is 1.71 bits per heavy atom. The van der Waals surface area contributed by atoms with Crippen LogP contribution in [0.25, 0.3) is 0 Å². The Morgan fingerprint density at radius 2 is 2.43 bits per heavy atom. The van der Waals surface area contributed by atoms with E-state index in [0.717, 1.165) is 4.90 Å². The average molecular weight is 233 g/mol. The van der Waals surface area contributed by atoms with Gasteiger partial charge in [0, 0.05) is 17.2 Å². The summed E-state index contributed by atoms with van der Waals surface area (Å²) in [5.74, 6) is 0.412. The molecule has 0 aromatic carbocycles. The van der Waals surface area contributed by atoms with Gasteiger partial charge in [0.2, 0.25) is 0 Å². The molecule has 76 valence electrons. The van der Waals surface area contributed by atoms with Crippen LogP contribution >= 0.6 is 23.4 Å². The third-order valence-electron chi connectivity index (χ3n) is 1.46. The van der Waals surface area contributed by atoms with Crippen molar-refractivity contribution in [3.05, 3.63) is 28.4 Å². The molecule has 0 bridgehead atoms. The summed E-state index contributed by atoms with van der Waals surface area (Å²) in [6.45, 7) is 1.99. The molecule has 1 heterocycles. The lowest BCUT2D eigenvalue weighted by Gasteiger charge is -2.04. The Hall–Kier alpha value is -0.810. The molecule has 0 spiro atoms. The number of halogens is 1. The molecule has 0 radical (unpaired) electrons. The molecule has 0 saturated heterocycles. The lowest BCUT2D eigenvalue weighted by Crippen LogP contribution is -1.97. The van der Waals surface area contributed by atoms with Gasteiger partial charge in [-0.2, -0.15) is 0 Å². The molecule has 1 aromatic rings. The van der Waals surface area contributed by atoms with Gasteiger partial charge in [-0.15, -0.1) is 23.4 Å². The highest BCUT2D eigenvalue weighted by Gasteiger charge is 2.08. The van der Waals surface area contributed by atoms with E-state index >= 15 is 0 Å². The van der Waals surface area contributed by atoms with Crippen LogP contribution in [-0.2, 0) is 0 Å². The molecule has 14 heavy (non-hydrogen) atoms. The lowest BCUT2D eigenvalue weighted by molar-refractivity contribution is -0.389. The van der Waals surface area contributed by atoms with E-state index < -0.39 is 4.92 Å². The van der Waals surface area contributed by atoms with Crippen molar-refractivity contribution in [3.8, 4) is 0 Å². The molecule has 4 nitrogen and oxygen atoms in total. The Labute approximate surface area is 90.8 Å². The van der Waals surface area contributed by atoms with Crippen LogP contribution in [0.15, 0.2) is 23.2 Å². The van der Waals surface area contributed by atoms with Gasteiger partial charge >= 0.3 is 5.82 Å². The predicted octanol–water partition coefficient (Wildman–Crippen LogP) is 2.71. The lowest BCUT2D eigenvalue weighted by atomic mass is 10.5. The number of aromatic nitrogens is 1. The van der Waals surface area contributed by atoms with Crippen molar-refractivity contribution in [1.29, 1.82) is 0 Å². The Kier molecular flexibility index (Phi) is 4.16. The fraction of sp³-hybridized carbons (Fsp3) is 0.375. The van der Waals surface area contributed by atoms with E-state index in [2.05, 4.69) is 4.98 Å². The zero-order valence-electron chi connectivity index (χ0n) is 7.51. The van der Waals surface area contributed by atoms with Gasteiger partial charge in [-0.3, -0.25) is 0 Å². The van der Waals surface area contributed by atoms with Crippen molar-refractivity contribution in [2.24, 2.45) is 0 Å². The third kappa shape index (κ3) is 3.16. The molecule has 1 atom stereocenters. The minimum atomic E-state index is -0.514. The van der Waals surface area contributed by atoms with Crippen LogP contribution in [0.1, 0.15) is 6.92 Å². The van der Waals surface area contributed by atoms with Gasteiger partial charge in [-0.1, -0.05) is 6.92 Å². The predicted molar refractivity (Wildman–Crippen MR) is 56.9 cm³/mol. The molecule has 6 heteroatoms. The number of hydrogen-bond acceptors (Lipinski definition) is 4. The van der Waals surface area contributed by atoms with Gasteiger partial charge in [-0.05, 0) is 16.0 Å². The zero-order valence-corrected chi connectivity index (χ0v) is 9.09. The Balaban J connectivity index is 2.68. The van der Waals surface area contributed by atoms with Crippen molar-refractivity contribution in [1.82, 2.24) is 4.98 Å². The number of pyridine rings is 1. The van der Waals surface area contributed by atoms with E-state index in [4.69, 9.17) is 11.6 Å². The molecular weight excluding hydrogens is 224 g/mol. The fourth-order valence-electron chi connectivity index (χ4n) is 0.814. The highest BCUT2D eigenvalue weighted by atomic mass is 35.5. The largest absolute Gasteiger partial charge is 0.363 e. The maximum Gasteiger partial charge on any atom is 0.363 e. The molecule has 0 saturated carbocycles. The zero-order chi connectivity index (χ0) is 10.6. The number of alkyl halides is 1. The highest BCUT2D eigenvalue weighted by Crippen LogP contribution is 2.24. The molecule has 1 unspecified atom stereocenters. The van der Waals surface area contributed by atoms with Crippen molar-refractivity contribution in [2.45, 2.75) is 17.1 Å². The first-order valence-corrected chi connectivity index (χ1v) is 5.38. The average Bonchev–Trinajstić information content (AvgIpc) is 2.18. The van der Waals surface area contributed by atoms with E-state index in [1.807, 2.05) is 6.92 Å². The molecule has 0 amide bonds. The third-order valence-corrected chi connectivity index (χ3v) is 3.19. The van der Waals surface area contributed by atoms with Crippen LogP contribution in [0.4, 0.5) is 5.82 Å². The van der Waals surface area contributed by atoms with E-state index in [9.17, 15) is 10.1 Å². The van der Waals surface area contributed by atoms with E-state index in [1.54, 1.807) is 17.8 Å². The molecule has 1 aromatic heterocycles. The molecule has 0 aliphatic rings. The number of nitro groups is 1. The molecule has 0 N–H and O–H groups in total. The normalized spacial score (nSPS) is 12.4. The maximum absolute atomic E-state index is 10.3. The number of hydrogen-bond donors (Lipinski definition) is 0. The van der Waals surface area contributed by atoms with Crippen molar-refractivity contribution < 1.29 is 4.92 Å². The summed E-state index contributed by atoms with van der Waals surface area (Å²) in [6.07, 6.45) is 1.49. The second-order valence-corrected chi connectivity index (χ2v) is 4.51. The summed E-state index contributed by atoms with van der Waals surface area (Å²) in [5.41, 5.74) is 0. The summed E-state index contributed by atoms with van der Waals surface area (Å²) in [5, 5.41) is 10.6. The maximum atomic E-state index is 10.3. The van der Waals surface area contributed by atoms with Crippen molar-refractivity contribution in [2.75, 3.05) is 5.88 Å².